The number of aliphatic hydroxyl groups is 1. The highest BCUT2D eigenvalue weighted by molar-refractivity contribution is 9.10. The molecular weight excluding hydrogens is 319 g/mol. The van der Waals surface area contributed by atoms with Crippen molar-refractivity contribution in [1.29, 1.82) is 0 Å². The van der Waals surface area contributed by atoms with Crippen LogP contribution >= 0.6 is 27.5 Å². The van der Waals surface area contributed by atoms with Gasteiger partial charge in [0.05, 0.1) is 0 Å². The van der Waals surface area contributed by atoms with Gasteiger partial charge in [-0.2, -0.15) is 0 Å². The van der Waals surface area contributed by atoms with E-state index in [4.69, 9.17) is 11.6 Å². The average Bonchev–Trinajstić information content (AvgIpc) is 2.35. The molecule has 1 atom stereocenters. The summed E-state index contributed by atoms with van der Waals surface area (Å²) in [7, 11) is 0. The third-order valence-corrected chi connectivity index (χ3v) is 3.72. The number of aryl methyl sites for hydroxylation is 1. The van der Waals surface area contributed by atoms with Crippen LogP contribution in [-0.2, 0) is 0 Å². The second kappa shape index (κ2) is 5.39. The molecule has 2 aromatic rings. The Morgan fingerprint density at radius 2 is 1.94 bits per heavy atom. The average molecular weight is 330 g/mol. The fraction of sp³-hybridized carbons (Fsp3) is 0.143. The van der Waals surface area contributed by atoms with E-state index in [1.807, 2.05) is 0 Å². The summed E-state index contributed by atoms with van der Waals surface area (Å²) in [6, 6.07) is 9.83. The zero-order chi connectivity index (χ0) is 13.3. The van der Waals surface area contributed by atoms with E-state index in [1.165, 1.54) is 6.07 Å². The molecule has 94 valence electrons. The molecule has 0 heterocycles. The third-order valence-electron chi connectivity index (χ3n) is 2.76. The molecule has 18 heavy (non-hydrogen) atoms. The van der Waals surface area contributed by atoms with Crippen molar-refractivity contribution in [2.24, 2.45) is 0 Å². The summed E-state index contributed by atoms with van der Waals surface area (Å²) in [6.45, 7) is 1.68. The molecule has 0 aliphatic heterocycles. The van der Waals surface area contributed by atoms with Crippen LogP contribution in [0.3, 0.4) is 0 Å². The van der Waals surface area contributed by atoms with Crippen molar-refractivity contribution in [2.45, 2.75) is 13.0 Å². The normalized spacial score (nSPS) is 12.5. The highest BCUT2D eigenvalue weighted by atomic mass is 79.9. The van der Waals surface area contributed by atoms with E-state index < -0.39 is 6.10 Å². The summed E-state index contributed by atoms with van der Waals surface area (Å²) in [5.74, 6) is -0.329. The van der Waals surface area contributed by atoms with Crippen molar-refractivity contribution in [2.75, 3.05) is 0 Å². The predicted octanol–water partition coefficient (Wildman–Crippen LogP) is 4.63. The molecule has 1 N–H and O–H groups in total. The van der Waals surface area contributed by atoms with Crippen LogP contribution < -0.4 is 0 Å². The van der Waals surface area contributed by atoms with Gasteiger partial charge in [0.1, 0.15) is 11.9 Å². The van der Waals surface area contributed by atoms with E-state index >= 15 is 0 Å². The lowest BCUT2D eigenvalue weighted by molar-refractivity contribution is 0.219. The quantitative estimate of drug-likeness (QED) is 0.851. The van der Waals surface area contributed by atoms with Gasteiger partial charge in [0, 0.05) is 15.1 Å². The van der Waals surface area contributed by atoms with E-state index in [-0.39, 0.29) is 5.82 Å². The molecular formula is C14H11BrClFO. The van der Waals surface area contributed by atoms with E-state index in [0.717, 1.165) is 4.47 Å². The number of halogens is 3. The fourth-order valence-electron chi connectivity index (χ4n) is 1.68. The van der Waals surface area contributed by atoms with Crippen molar-refractivity contribution in [3.63, 3.8) is 0 Å². The summed E-state index contributed by atoms with van der Waals surface area (Å²) in [4.78, 5) is 0. The second-order valence-electron chi connectivity index (χ2n) is 4.08. The van der Waals surface area contributed by atoms with Crippen LogP contribution in [0.15, 0.2) is 40.9 Å². The second-order valence-corrected chi connectivity index (χ2v) is 5.37. The predicted molar refractivity (Wildman–Crippen MR) is 74.4 cm³/mol. The Labute approximate surface area is 118 Å². The maximum Gasteiger partial charge on any atom is 0.126 e. The molecule has 0 fully saturated rings. The van der Waals surface area contributed by atoms with Gasteiger partial charge in [0.2, 0.25) is 0 Å². The Bertz CT molecular complexity index is 586. The molecule has 0 saturated heterocycles. The van der Waals surface area contributed by atoms with Crippen molar-refractivity contribution in [3.8, 4) is 0 Å². The van der Waals surface area contributed by atoms with Crippen LogP contribution in [-0.4, -0.2) is 5.11 Å². The van der Waals surface area contributed by atoms with Crippen molar-refractivity contribution >= 4 is 27.5 Å². The van der Waals surface area contributed by atoms with Gasteiger partial charge in [0.15, 0.2) is 0 Å². The Hall–Kier alpha value is -0.900. The van der Waals surface area contributed by atoms with Gasteiger partial charge < -0.3 is 5.11 Å². The van der Waals surface area contributed by atoms with Gasteiger partial charge in [-0.3, -0.25) is 0 Å². The van der Waals surface area contributed by atoms with E-state index in [2.05, 4.69) is 15.9 Å². The molecule has 0 amide bonds. The summed E-state index contributed by atoms with van der Waals surface area (Å²) in [5.41, 5.74) is 1.67. The monoisotopic (exact) mass is 328 g/mol. The molecule has 2 rings (SSSR count). The molecule has 0 bridgehead atoms. The first-order valence-corrected chi connectivity index (χ1v) is 6.55. The third kappa shape index (κ3) is 2.74. The maximum atomic E-state index is 13.5. The molecule has 0 aliphatic rings. The highest BCUT2D eigenvalue weighted by Crippen LogP contribution is 2.31. The minimum Gasteiger partial charge on any atom is -0.384 e. The Morgan fingerprint density at radius 1 is 1.22 bits per heavy atom. The van der Waals surface area contributed by atoms with Crippen LogP contribution in [0.2, 0.25) is 5.02 Å². The van der Waals surface area contributed by atoms with Gasteiger partial charge in [-0.25, -0.2) is 4.39 Å². The van der Waals surface area contributed by atoms with Gasteiger partial charge in [0.25, 0.3) is 0 Å². The molecule has 0 saturated carbocycles. The Morgan fingerprint density at radius 3 is 2.61 bits per heavy atom. The van der Waals surface area contributed by atoms with E-state index in [9.17, 15) is 9.50 Å². The fourth-order valence-corrected chi connectivity index (χ4v) is 2.33. The van der Waals surface area contributed by atoms with Crippen LogP contribution in [0.4, 0.5) is 4.39 Å². The standard InChI is InChI=1S/C14H11BrClFO/c1-8-2-3-9(6-13(8)17)14(18)11-7-10(16)4-5-12(11)15/h2-7,14,18H,1H3. The Kier molecular flexibility index (Phi) is 4.05. The minimum atomic E-state index is -0.909. The van der Waals surface area contributed by atoms with Crippen LogP contribution in [0.1, 0.15) is 22.8 Å². The van der Waals surface area contributed by atoms with Gasteiger partial charge in [-0.1, -0.05) is 39.7 Å². The summed E-state index contributed by atoms with van der Waals surface area (Å²) in [5, 5.41) is 10.8. The number of benzene rings is 2. The number of aliphatic hydroxyl groups excluding tert-OH is 1. The smallest absolute Gasteiger partial charge is 0.126 e. The first-order valence-electron chi connectivity index (χ1n) is 5.38. The zero-order valence-corrected chi connectivity index (χ0v) is 12.0. The van der Waals surface area contributed by atoms with Gasteiger partial charge in [-0.05, 0) is 42.3 Å². The first-order chi connectivity index (χ1) is 8.49. The molecule has 2 aromatic carbocycles. The molecule has 0 radical (unpaired) electrons. The summed E-state index contributed by atoms with van der Waals surface area (Å²) in [6.07, 6.45) is -0.909. The van der Waals surface area contributed by atoms with Crippen molar-refractivity contribution in [1.82, 2.24) is 0 Å². The number of rotatable bonds is 2. The van der Waals surface area contributed by atoms with Crippen LogP contribution in [0.25, 0.3) is 0 Å². The lowest BCUT2D eigenvalue weighted by Gasteiger charge is -2.14. The summed E-state index contributed by atoms with van der Waals surface area (Å²) < 4.78 is 14.2. The van der Waals surface area contributed by atoms with Gasteiger partial charge in [-0.15, -0.1) is 0 Å². The molecule has 0 aromatic heterocycles. The largest absolute Gasteiger partial charge is 0.384 e. The van der Waals surface area contributed by atoms with E-state index in [1.54, 1.807) is 37.3 Å². The summed E-state index contributed by atoms with van der Waals surface area (Å²) >= 11 is 9.25. The minimum absolute atomic E-state index is 0.329. The lowest BCUT2D eigenvalue weighted by atomic mass is 10.0. The Balaban J connectivity index is 2.44. The number of hydrogen-bond acceptors (Lipinski definition) is 1. The first kappa shape index (κ1) is 13.5. The molecule has 1 nitrogen and oxygen atoms in total. The van der Waals surface area contributed by atoms with Gasteiger partial charge >= 0.3 is 0 Å². The molecule has 1 unspecified atom stereocenters. The lowest BCUT2D eigenvalue weighted by Crippen LogP contribution is -2.02. The van der Waals surface area contributed by atoms with Crippen molar-refractivity contribution in [3.05, 3.63) is 68.4 Å². The molecule has 4 heteroatoms. The van der Waals surface area contributed by atoms with E-state index in [0.29, 0.717) is 21.7 Å². The molecule has 0 aliphatic carbocycles. The molecule has 0 spiro atoms. The van der Waals surface area contributed by atoms with Crippen LogP contribution in [0.5, 0.6) is 0 Å². The number of hydrogen-bond donors (Lipinski definition) is 1. The van der Waals surface area contributed by atoms with Crippen molar-refractivity contribution < 1.29 is 9.50 Å². The maximum absolute atomic E-state index is 13.5. The van der Waals surface area contributed by atoms with Crippen LogP contribution in [0, 0.1) is 12.7 Å². The SMILES string of the molecule is Cc1ccc(C(O)c2cc(Cl)ccc2Br)cc1F. The topological polar surface area (TPSA) is 20.2 Å². The highest BCUT2D eigenvalue weighted by Gasteiger charge is 2.15. The zero-order valence-electron chi connectivity index (χ0n) is 9.62.